The molecule has 1 saturated heterocycles. The number of hydrogen-bond acceptors (Lipinski definition) is 3. The summed E-state index contributed by atoms with van der Waals surface area (Å²) in [6.45, 7) is 6.54. The van der Waals surface area contributed by atoms with E-state index in [-0.39, 0.29) is 11.8 Å². The lowest BCUT2D eigenvalue weighted by atomic mass is 9.92. The molecule has 0 spiro atoms. The Morgan fingerprint density at radius 3 is 2.50 bits per heavy atom. The van der Waals surface area contributed by atoms with Gasteiger partial charge in [0.1, 0.15) is 0 Å². The van der Waals surface area contributed by atoms with Crippen molar-refractivity contribution >= 4 is 5.91 Å². The Morgan fingerprint density at radius 2 is 2.14 bits per heavy atom. The van der Waals surface area contributed by atoms with E-state index in [4.69, 9.17) is 5.73 Å². The van der Waals surface area contributed by atoms with Crippen molar-refractivity contribution < 1.29 is 9.90 Å². The Bertz CT molecular complexity index is 220. The Morgan fingerprint density at radius 1 is 1.64 bits per heavy atom. The minimum absolute atomic E-state index is 0.0362. The molecule has 14 heavy (non-hydrogen) atoms. The first-order chi connectivity index (χ1) is 6.37. The van der Waals surface area contributed by atoms with Crippen LogP contribution in [0.25, 0.3) is 0 Å². The van der Waals surface area contributed by atoms with E-state index in [1.807, 2.05) is 13.8 Å². The van der Waals surface area contributed by atoms with Gasteiger partial charge in [-0.1, -0.05) is 20.3 Å². The van der Waals surface area contributed by atoms with Gasteiger partial charge in [0.05, 0.1) is 24.7 Å². The largest absolute Gasteiger partial charge is 0.386 e. The van der Waals surface area contributed by atoms with E-state index in [9.17, 15) is 9.90 Å². The standard InChI is InChI=1S/C10H20N2O2/c1-4-7(2)8(11)9(13)12-5-10(3,14)6-12/h7-8,14H,4-6,11H2,1-3H3. The number of carbonyl (C=O) groups is 1. The third-order valence-corrected chi connectivity index (χ3v) is 2.92. The molecule has 2 unspecified atom stereocenters. The molecular weight excluding hydrogens is 180 g/mol. The summed E-state index contributed by atoms with van der Waals surface area (Å²) in [5.74, 6) is 0.166. The highest BCUT2D eigenvalue weighted by atomic mass is 16.3. The van der Waals surface area contributed by atoms with Crippen LogP contribution in [0.5, 0.6) is 0 Å². The minimum Gasteiger partial charge on any atom is -0.386 e. The molecule has 82 valence electrons. The molecule has 1 heterocycles. The number of nitrogens with zero attached hydrogens (tertiary/aromatic N) is 1. The Hall–Kier alpha value is -0.610. The Kier molecular flexibility index (Phi) is 3.17. The number of nitrogens with two attached hydrogens (primary N) is 1. The fraction of sp³-hybridized carbons (Fsp3) is 0.900. The highest BCUT2D eigenvalue weighted by Crippen LogP contribution is 2.21. The quantitative estimate of drug-likeness (QED) is 0.671. The summed E-state index contributed by atoms with van der Waals surface area (Å²) in [6.07, 6.45) is 0.900. The summed E-state index contributed by atoms with van der Waals surface area (Å²) >= 11 is 0. The fourth-order valence-corrected chi connectivity index (χ4v) is 1.64. The number of carbonyl (C=O) groups excluding carboxylic acids is 1. The monoisotopic (exact) mass is 200 g/mol. The number of aliphatic hydroxyl groups is 1. The average molecular weight is 200 g/mol. The van der Waals surface area contributed by atoms with Gasteiger partial charge in [-0.05, 0) is 12.8 Å². The van der Waals surface area contributed by atoms with Gasteiger partial charge in [0.2, 0.25) is 5.91 Å². The van der Waals surface area contributed by atoms with Gasteiger partial charge in [-0.3, -0.25) is 4.79 Å². The van der Waals surface area contributed by atoms with Gasteiger partial charge < -0.3 is 15.7 Å². The number of hydrogen-bond donors (Lipinski definition) is 2. The van der Waals surface area contributed by atoms with Crippen LogP contribution in [0.1, 0.15) is 27.2 Å². The second-order valence-corrected chi connectivity index (χ2v) is 4.60. The summed E-state index contributed by atoms with van der Waals surface area (Å²) < 4.78 is 0. The number of β-amino-alcohol motifs (C(OH)–C–C–N with tert-alkyl or cyclic N) is 1. The maximum Gasteiger partial charge on any atom is 0.239 e. The highest BCUT2D eigenvalue weighted by Gasteiger charge is 2.41. The number of likely N-dealkylation sites (tertiary alicyclic amines) is 1. The molecule has 4 heteroatoms. The SMILES string of the molecule is CCC(C)C(N)C(=O)N1CC(C)(O)C1. The van der Waals surface area contributed by atoms with E-state index in [2.05, 4.69) is 0 Å². The zero-order valence-electron chi connectivity index (χ0n) is 9.16. The molecule has 0 aromatic carbocycles. The van der Waals surface area contributed by atoms with E-state index in [0.717, 1.165) is 6.42 Å². The van der Waals surface area contributed by atoms with Crippen molar-refractivity contribution in [1.29, 1.82) is 0 Å². The molecule has 4 nitrogen and oxygen atoms in total. The minimum atomic E-state index is -0.704. The summed E-state index contributed by atoms with van der Waals surface area (Å²) in [6, 6.07) is -0.420. The molecule has 0 aromatic rings. The van der Waals surface area contributed by atoms with Crippen LogP contribution in [-0.2, 0) is 4.79 Å². The second-order valence-electron chi connectivity index (χ2n) is 4.60. The molecule has 1 rings (SSSR count). The van der Waals surface area contributed by atoms with Gasteiger partial charge in [0.15, 0.2) is 0 Å². The molecule has 2 atom stereocenters. The molecule has 3 N–H and O–H groups in total. The van der Waals surface area contributed by atoms with Gasteiger partial charge >= 0.3 is 0 Å². The van der Waals surface area contributed by atoms with Crippen molar-refractivity contribution in [2.75, 3.05) is 13.1 Å². The van der Waals surface area contributed by atoms with Crippen LogP contribution >= 0.6 is 0 Å². The Labute approximate surface area is 85.1 Å². The lowest BCUT2D eigenvalue weighted by Crippen LogP contribution is -2.65. The molecule has 0 saturated carbocycles. The lowest BCUT2D eigenvalue weighted by Gasteiger charge is -2.45. The summed E-state index contributed by atoms with van der Waals surface area (Å²) in [5, 5.41) is 9.48. The predicted molar refractivity (Wildman–Crippen MR) is 54.6 cm³/mol. The number of rotatable bonds is 3. The van der Waals surface area contributed by atoms with E-state index < -0.39 is 11.6 Å². The normalized spacial score (nSPS) is 23.9. The molecular formula is C10H20N2O2. The lowest BCUT2D eigenvalue weighted by molar-refractivity contribution is -0.154. The van der Waals surface area contributed by atoms with Gasteiger partial charge in [0.25, 0.3) is 0 Å². The van der Waals surface area contributed by atoms with Crippen LogP contribution in [0.2, 0.25) is 0 Å². The van der Waals surface area contributed by atoms with Crippen molar-refractivity contribution in [3.8, 4) is 0 Å². The average Bonchev–Trinajstić information content (AvgIpc) is 2.10. The molecule has 1 amide bonds. The third-order valence-electron chi connectivity index (χ3n) is 2.92. The van der Waals surface area contributed by atoms with E-state index >= 15 is 0 Å². The van der Waals surface area contributed by atoms with Gasteiger partial charge in [-0.25, -0.2) is 0 Å². The fourth-order valence-electron chi connectivity index (χ4n) is 1.64. The van der Waals surface area contributed by atoms with Crippen LogP contribution in [0.4, 0.5) is 0 Å². The molecule has 1 fully saturated rings. The van der Waals surface area contributed by atoms with Crippen LogP contribution in [0.3, 0.4) is 0 Å². The summed E-state index contributed by atoms with van der Waals surface area (Å²) in [4.78, 5) is 13.3. The smallest absolute Gasteiger partial charge is 0.239 e. The molecule has 1 aliphatic rings. The van der Waals surface area contributed by atoms with Gasteiger partial charge in [0, 0.05) is 0 Å². The maximum atomic E-state index is 11.7. The third kappa shape index (κ3) is 2.25. The molecule has 0 aliphatic carbocycles. The Balaban J connectivity index is 2.44. The van der Waals surface area contributed by atoms with E-state index in [1.54, 1.807) is 11.8 Å². The van der Waals surface area contributed by atoms with E-state index in [1.165, 1.54) is 0 Å². The predicted octanol–water partition coefficient (Wildman–Crippen LogP) is -0.0470. The van der Waals surface area contributed by atoms with Crippen molar-refractivity contribution in [2.45, 2.75) is 38.8 Å². The van der Waals surface area contributed by atoms with E-state index in [0.29, 0.717) is 13.1 Å². The number of amides is 1. The van der Waals surface area contributed by atoms with Gasteiger partial charge in [-0.15, -0.1) is 0 Å². The maximum absolute atomic E-state index is 11.7. The molecule has 0 aromatic heterocycles. The van der Waals surface area contributed by atoms with Crippen LogP contribution in [-0.4, -0.2) is 40.6 Å². The topological polar surface area (TPSA) is 66.6 Å². The van der Waals surface area contributed by atoms with Crippen LogP contribution < -0.4 is 5.73 Å². The first-order valence-electron chi connectivity index (χ1n) is 5.14. The first kappa shape index (κ1) is 11.5. The highest BCUT2D eigenvalue weighted by molar-refractivity contribution is 5.83. The molecule has 1 aliphatic heterocycles. The summed E-state index contributed by atoms with van der Waals surface area (Å²) in [7, 11) is 0. The zero-order valence-corrected chi connectivity index (χ0v) is 9.16. The van der Waals surface area contributed by atoms with Crippen LogP contribution in [0, 0.1) is 5.92 Å². The summed E-state index contributed by atoms with van der Waals surface area (Å²) in [5.41, 5.74) is 5.09. The van der Waals surface area contributed by atoms with Crippen molar-refractivity contribution in [2.24, 2.45) is 11.7 Å². The van der Waals surface area contributed by atoms with Crippen molar-refractivity contribution in [3.05, 3.63) is 0 Å². The molecule has 0 radical (unpaired) electrons. The van der Waals surface area contributed by atoms with Crippen LogP contribution in [0.15, 0.2) is 0 Å². The van der Waals surface area contributed by atoms with Gasteiger partial charge in [-0.2, -0.15) is 0 Å². The van der Waals surface area contributed by atoms with Crippen molar-refractivity contribution in [1.82, 2.24) is 4.90 Å². The first-order valence-corrected chi connectivity index (χ1v) is 5.14. The second kappa shape index (κ2) is 3.87. The van der Waals surface area contributed by atoms with Crippen molar-refractivity contribution in [3.63, 3.8) is 0 Å². The molecule has 0 bridgehead atoms. The zero-order chi connectivity index (χ0) is 10.9.